The van der Waals surface area contributed by atoms with Gasteiger partial charge in [0.2, 0.25) is 0 Å². The highest BCUT2D eigenvalue weighted by Gasteiger charge is 2.16. The SMILES string of the molecule is CCCNS(=O)(=O)Nc1cccc(F)c1C(N)=S. The number of anilines is 1. The maximum absolute atomic E-state index is 13.5. The van der Waals surface area contributed by atoms with E-state index in [2.05, 4.69) is 9.44 Å². The molecule has 4 N–H and O–H groups in total. The fourth-order valence-electron chi connectivity index (χ4n) is 1.28. The summed E-state index contributed by atoms with van der Waals surface area (Å²) in [6.07, 6.45) is 0.645. The summed E-state index contributed by atoms with van der Waals surface area (Å²) in [7, 11) is -3.75. The van der Waals surface area contributed by atoms with Gasteiger partial charge in [0, 0.05) is 6.54 Å². The van der Waals surface area contributed by atoms with Crippen LogP contribution in [0, 0.1) is 5.82 Å². The van der Waals surface area contributed by atoms with E-state index >= 15 is 0 Å². The summed E-state index contributed by atoms with van der Waals surface area (Å²) >= 11 is 4.70. The first kappa shape index (κ1) is 14.8. The maximum atomic E-state index is 13.5. The monoisotopic (exact) mass is 291 g/mol. The smallest absolute Gasteiger partial charge is 0.299 e. The molecule has 0 atom stereocenters. The van der Waals surface area contributed by atoms with Gasteiger partial charge in [0.1, 0.15) is 10.8 Å². The van der Waals surface area contributed by atoms with Crippen LogP contribution in [-0.4, -0.2) is 20.0 Å². The zero-order valence-electron chi connectivity index (χ0n) is 9.73. The highest BCUT2D eigenvalue weighted by molar-refractivity contribution is 7.90. The van der Waals surface area contributed by atoms with Gasteiger partial charge in [-0.1, -0.05) is 25.2 Å². The Morgan fingerprint density at radius 2 is 2.17 bits per heavy atom. The minimum atomic E-state index is -3.75. The van der Waals surface area contributed by atoms with Crippen LogP contribution in [0.2, 0.25) is 0 Å². The Bertz CT molecular complexity index is 546. The molecule has 0 aliphatic heterocycles. The number of thiocarbonyl (C=S) groups is 1. The van der Waals surface area contributed by atoms with Gasteiger partial charge in [-0.2, -0.15) is 13.1 Å². The first-order chi connectivity index (χ1) is 8.37. The van der Waals surface area contributed by atoms with E-state index in [0.29, 0.717) is 6.42 Å². The van der Waals surface area contributed by atoms with Gasteiger partial charge in [-0.15, -0.1) is 0 Å². The van der Waals surface area contributed by atoms with Crippen LogP contribution in [0.15, 0.2) is 18.2 Å². The molecule has 100 valence electrons. The molecule has 0 saturated carbocycles. The van der Waals surface area contributed by atoms with Crippen LogP contribution in [0.4, 0.5) is 10.1 Å². The number of hydrogen-bond acceptors (Lipinski definition) is 3. The molecular weight excluding hydrogens is 277 g/mol. The highest BCUT2D eigenvalue weighted by atomic mass is 32.2. The molecule has 0 unspecified atom stereocenters. The van der Waals surface area contributed by atoms with E-state index in [-0.39, 0.29) is 22.8 Å². The van der Waals surface area contributed by atoms with Crippen LogP contribution >= 0.6 is 12.2 Å². The molecule has 8 heteroatoms. The van der Waals surface area contributed by atoms with Crippen molar-refractivity contribution in [2.45, 2.75) is 13.3 Å². The first-order valence-corrected chi connectivity index (χ1v) is 7.12. The van der Waals surface area contributed by atoms with Crippen molar-refractivity contribution in [1.82, 2.24) is 4.72 Å². The summed E-state index contributed by atoms with van der Waals surface area (Å²) in [6.45, 7) is 2.11. The molecule has 0 aromatic heterocycles. The predicted molar refractivity (Wildman–Crippen MR) is 73.1 cm³/mol. The van der Waals surface area contributed by atoms with Crippen LogP contribution in [0.3, 0.4) is 0 Å². The van der Waals surface area contributed by atoms with Crippen LogP contribution in [0.1, 0.15) is 18.9 Å². The maximum Gasteiger partial charge on any atom is 0.299 e. The Morgan fingerprint density at radius 1 is 1.50 bits per heavy atom. The van der Waals surface area contributed by atoms with Crippen molar-refractivity contribution < 1.29 is 12.8 Å². The number of rotatable bonds is 6. The quantitative estimate of drug-likeness (QED) is 0.686. The molecule has 1 aromatic rings. The van der Waals surface area contributed by atoms with Crippen molar-refractivity contribution in [1.29, 1.82) is 0 Å². The van der Waals surface area contributed by atoms with Gasteiger partial charge in [-0.05, 0) is 18.6 Å². The number of nitrogens with two attached hydrogens (primary N) is 1. The van der Waals surface area contributed by atoms with Crippen molar-refractivity contribution in [2.24, 2.45) is 5.73 Å². The van der Waals surface area contributed by atoms with Gasteiger partial charge in [-0.3, -0.25) is 4.72 Å². The summed E-state index contributed by atoms with van der Waals surface area (Å²) in [5.41, 5.74) is 5.27. The van der Waals surface area contributed by atoms with E-state index in [9.17, 15) is 12.8 Å². The molecule has 0 amide bonds. The van der Waals surface area contributed by atoms with E-state index < -0.39 is 16.0 Å². The molecule has 0 spiro atoms. The van der Waals surface area contributed by atoms with Crippen LogP contribution < -0.4 is 15.2 Å². The second-order valence-electron chi connectivity index (χ2n) is 3.53. The molecule has 0 saturated heterocycles. The Hall–Kier alpha value is -1.25. The first-order valence-electron chi connectivity index (χ1n) is 5.23. The third-order valence-corrected chi connectivity index (χ3v) is 3.32. The zero-order chi connectivity index (χ0) is 13.8. The lowest BCUT2D eigenvalue weighted by atomic mass is 10.2. The molecule has 5 nitrogen and oxygen atoms in total. The molecular formula is C10H14FN3O2S2. The van der Waals surface area contributed by atoms with E-state index in [1.54, 1.807) is 0 Å². The minimum Gasteiger partial charge on any atom is -0.389 e. The lowest BCUT2D eigenvalue weighted by molar-refractivity contribution is 0.586. The molecule has 0 radical (unpaired) electrons. The van der Waals surface area contributed by atoms with Gasteiger partial charge in [0.25, 0.3) is 10.2 Å². The molecule has 0 aliphatic rings. The standard InChI is InChI=1S/C10H14FN3O2S2/c1-2-6-13-18(15,16)14-8-5-3-4-7(11)9(8)10(12)17/h3-5,13-14H,2,6H2,1H3,(H2,12,17). The molecule has 0 bridgehead atoms. The summed E-state index contributed by atoms with van der Waals surface area (Å²) in [6, 6.07) is 3.92. The van der Waals surface area contributed by atoms with Gasteiger partial charge in [-0.25, -0.2) is 4.39 Å². The Morgan fingerprint density at radius 3 is 2.72 bits per heavy atom. The van der Waals surface area contributed by atoms with Crippen molar-refractivity contribution in [3.63, 3.8) is 0 Å². The summed E-state index contributed by atoms with van der Waals surface area (Å²) in [5.74, 6) is -0.668. The third kappa shape index (κ3) is 3.90. The lowest BCUT2D eigenvalue weighted by Crippen LogP contribution is -2.31. The van der Waals surface area contributed by atoms with Gasteiger partial charge in [0.05, 0.1) is 11.3 Å². The molecule has 18 heavy (non-hydrogen) atoms. The minimum absolute atomic E-state index is 0.0195. The van der Waals surface area contributed by atoms with Crippen LogP contribution in [0.5, 0.6) is 0 Å². The van der Waals surface area contributed by atoms with Crippen molar-refractivity contribution in [3.05, 3.63) is 29.6 Å². The number of hydrogen-bond donors (Lipinski definition) is 3. The Balaban J connectivity index is 3.05. The zero-order valence-corrected chi connectivity index (χ0v) is 11.4. The molecule has 0 heterocycles. The topological polar surface area (TPSA) is 84.2 Å². The van der Waals surface area contributed by atoms with E-state index in [1.165, 1.54) is 12.1 Å². The van der Waals surface area contributed by atoms with Crippen molar-refractivity contribution >= 4 is 33.1 Å². The largest absolute Gasteiger partial charge is 0.389 e. The Kier molecular flexibility index (Phi) is 5.00. The van der Waals surface area contributed by atoms with Gasteiger partial charge < -0.3 is 5.73 Å². The van der Waals surface area contributed by atoms with Gasteiger partial charge >= 0.3 is 0 Å². The second-order valence-corrected chi connectivity index (χ2v) is 5.47. The Labute approximate surface area is 111 Å². The second kappa shape index (κ2) is 6.07. The molecule has 1 rings (SSSR count). The molecule has 1 aromatic carbocycles. The third-order valence-electron chi connectivity index (χ3n) is 2.05. The van der Waals surface area contributed by atoms with E-state index in [0.717, 1.165) is 6.07 Å². The molecule has 0 fully saturated rings. The fraction of sp³-hybridized carbons (Fsp3) is 0.300. The van der Waals surface area contributed by atoms with Crippen molar-refractivity contribution in [3.8, 4) is 0 Å². The normalized spacial score (nSPS) is 11.2. The highest BCUT2D eigenvalue weighted by Crippen LogP contribution is 2.19. The average Bonchev–Trinajstić information content (AvgIpc) is 2.25. The van der Waals surface area contributed by atoms with Gasteiger partial charge in [0.15, 0.2) is 0 Å². The predicted octanol–water partition coefficient (Wildman–Crippen LogP) is 1.12. The summed E-state index contributed by atoms with van der Waals surface area (Å²) < 4.78 is 41.2. The molecule has 0 aliphatic carbocycles. The van der Waals surface area contributed by atoms with Crippen LogP contribution in [-0.2, 0) is 10.2 Å². The lowest BCUT2D eigenvalue weighted by Gasteiger charge is -2.12. The van der Waals surface area contributed by atoms with E-state index in [4.69, 9.17) is 18.0 Å². The summed E-state index contributed by atoms with van der Waals surface area (Å²) in [4.78, 5) is -0.207. The number of nitrogens with one attached hydrogen (secondary N) is 2. The number of halogens is 1. The summed E-state index contributed by atoms with van der Waals surface area (Å²) in [5, 5.41) is 0. The van der Waals surface area contributed by atoms with E-state index in [1.807, 2.05) is 6.92 Å². The van der Waals surface area contributed by atoms with Crippen LogP contribution in [0.25, 0.3) is 0 Å². The number of benzene rings is 1. The van der Waals surface area contributed by atoms with Crippen molar-refractivity contribution in [2.75, 3.05) is 11.3 Å². The average molecular weight is 291 g/mol. The fourth-order valence-corrected chi connectivity index (χ4v) is 2.49.